The SMILES string of the molecule is CC1OC(O[C@H]2C=CC=CC=CC=CC=CC=CC=CC(C)[C@@H](O)C(C)C(C)OC(=O)C[C@@H](O)C[C@H](O)CC[C@@H](O)[C@H](O)C[C@H](O)C[C@]3(O)CC(O)[C@@H](C(=O)O)[C@H](C2)O3)C(O)C(N)C1O. The van der Waals surface area contributed by atoms with Crippen molar-refractivity contribution in [3.05, 3.63) is 85.1 Å². The lowest BCUT2D eigenvalue weighted by Gasteiger charge is -2.45. The van der Waals surface area contributed by atoms with Crippen molar-refractivity contribution in [3.8, 4) is 0 Å². The molecule has 0 spiro atoms. The van der Waals surface area contributed by atoms with Gasteiger partial charge in [-0.1, -0.05) is 98.9 Å². The van der Waals surface area contributed by atoms with E-state index in [0.717, 1.165) is 0 Å². The number of hydrogen-bond donors (Lipinski definition) is 12. The molecule has 3 rings (SSSR count). The molecular weight excluding hydrogens is 851 g/mol. The Hall–Kier alpha value is -3.44. The molecule has 0 amide bonds. The third kappa shape index (κ3) is 18.6. The van der Waals surface area contributed by atoms with Crippen molar-refractivity contribution in [3.63, 3.8) is 0 Å². The Kier molecular flexibility index (Phi) is 23.6. The van der Waals surface area contributed by atoms with Crippen LogP contribution >= 0.6 is 0 Å². The number of rotatable bonds is 3. The van der Waals surface area contributed by atoms with Crippen molar-refractivity contribution in [1.82, 2.24) is 0 Å². The molecule has 18 nitrogen and oxygen atoms in total. The second-order valence-electron chi connectivity index (χ2n) is 17.6. The summed E-state index contributed by atoms with van der Waals surface area (Å²) in [5.74, 6) is -6.83. The number of aliphatic hydroxyl groups excluding tert-OH is 9. The fraction of sp³-hybridized carbons (Fsp3) is 0.660. The van der Waals surface area contributed by atoms with E-state index in [0.29, 0.717) is 0 Å². The fourth-order valence-electron chi connectivity index (χ4n) is 7.97. The number of ether oxygens (including phenoxy) is 4. The summed E-state index contributed by atoms with van der Waals surface area (Å²) in [5, 5.41) is 118. The van der Waals surface area contributed by atoms with Crippen LogP contribution in [0, 0.1) is 17.8 Å². The lowest BCUT2D eigenvalue weighted by atomic mass is 9.82. The molecule has 368 valence electrons. The van der Waals surface area contributed by atoms with Gasteiger partial charge in [0.1, 0.15) is 18.1 Å². The second kappa shape index (κ2) is 27.4. The number of carboxylic acid groups (broad SMARTS) is 1. The monoisotopic (exact) mass is 923 g/mol. The highest BCUT2D eigenvalue weighted by Crippen LogP contribution is 2.38. The molecule has 0 saturated carbocycles. The van der Waals surface area contributed by atoms with Crippen LogP contribution in [0.2, 0.25) is 0 Å². The van der Waals surface area contributed by atoms with Gasteiger partial charge < -0.3 is 80.9 Å². The van der Waals surface area contributed by atoms with Crippen LogP contribution < -0.4 is 5.73 Å². The van der Waals surface area contributed by atoms with E-state index < -0.39 is 147 Å². The van der Waals surface area contributed by atoms with Crippen LogP contribution in [0.25, 0.3) is 0 Å². The zero-order chi connectivity index (χ0) is 48.4. The minimum atomic E-state index is -2.33. The van der Waals surface area contributed by atoms with Crippen molar-refractivity contribution < 1.29 is 84.7 Å². The molecule has 9 unspecified atom stereocenters. The van der Waals surface area contributed by atoms with Crippen molar-refractivity contribution >= 4 is 11.9 Å². The summed E-state index contributed by atoms with van der Waals surface area (Å²) in [6.07, 6.45) is 3.46. The molecule has 2 saturated heterocycles. The zero-order valence-electron chi connectivity index (χ0n) is 37.6. The van der Waals surface area contributed by atoms with Crippen LogP contribution in [-0.2, 0) is 28.5 Å². The Balaban J connectivity index is 1.86. The summed E-state index contributed by atoms with van der Waals surface area (Å²) in [4.78, 5) is 25.1. The summed E-state index contributed by atoms with van der Waals surface area (Å²) < 4.78 is 23.1. The normalized spacial score (nSPS) is 42.0. The average Bonchev–Trinajstić information content (AvgIpc) is 3.21. The number of allylic oxidation sites excluding steroid dienone is 12. The first kappa shape index (κ1) is 55.9. The van der Waals surface area contributed by atoms with Gasteiger partial charge in [0.25, 0.3) is 0 Å². The topological polar surface area (TPSA) is 320 Å². The van der Waals surface area contributed by atoms with E-state index in [9.17, 15) is 65.8 Å². The molecule has 65 heavy (non-hydrogen) atoms. The molecule has 2 bridgehead atoms. The van der Waals surface area contributed by atoms with Gasteiger partial charge in [0.15, 0.2) is 12.1 Å². The van der Waals surface area contributed by atoms with Crippen LogP contribution in [0.4, 0.5) is 0 Å². The number of esters is 1. The molecular formula is C47H73NO17. The second-order valence-corrected chi connectivity index (χ2v) is 17.6. The van der Waals surface area contributed by atoms with E-state index in [1.807, 2.05) is 19.1 Å². The fourth-order valence-corrected chi connectivity index (χ4v) is 7.97. The summed E-state index contributed by atoms with van der Waals surface area (Å²) in [5.41, 5.74) is 6.02. The number of aliphatic hydroxyl groups is 10. The van der Waals surface area contributed by atoms with E-state index in [1.54, 1.807) is 80.7 Å². The maximum atomic E-state index is 12.6. The quantitative estimate of drug-likeness (QED) is 0.174. The number of fused-ring (bicyclic) bond motifs is 2. The summed E-state index contributed by atoms with van der Waals surface area (Å²) >= 11 is 0. The van der Waals surface area contributed by atoms with Crippen LogP contribution in [0.5, 0.6) is 0 Å². The van der Waals surface area contributed by atoms with Gasteiger partial charge >= 0.3 is 11.9 Å². The zero-order valence-corrected chi connectivity index (χ0v) is 37.6. The minimum Gasteiger partial charge on any atom is -0.481 e. The van der Waals surface area contributed by atoms with Crippen molar-refractivity contribution in [2.24, 2.45) is 23.5 Å². The molecule has 3 aliphatic rings. The number of cyclic esters (lactones) is 1. The molecule has 0 aromatic carbocycles. The Morgan fingerprint density at radius 3 is 1.82 bits per heavy atom. The van der Waals surface area contributed by atoms with Gasteiger partial charge in [-0.25, -0.2) is 0 Å². The number of nitrogens with two attached hydrogens (primary N) is 1. The smallest absolute Gasteiger partial charge is 0.311 e. The Morgan fingerprint density at radius 1 is 0.662 bits per heavy atom. The molecule has 2 fully saturated rings. The highest BCUT2D eigenvalue weighted by atomic mass is 16.7. The van der Waals surface area contributed by atoms with Gasteiger partial charge in [0.05, 0.1) is 79.6 Å². The summed E-state index contributed by atoms with van der Waals surface area (Å²) in [7, 11) is 0. The number of aliphatic carboxylic acids is 1. The number of carbonyl (C=O) groups excluding carboxylic acids is 1. The largest absolute Gasteiger partial charge is 0.481 e. The molecule has 18 heteroatoms. The van der Waals surface area contributed by atoms with Crippen LogP contribution in [0.15, 0.2) is 85.1 Å². The molecule has 0 aliphatic carbocycles. The number of hydrogen-bond acceptors (Lipinski definition) is 17. The first-order chi connectivity index (χ1) is 30.6. The Labute approximate surface area is 381 Å². The van der Waals surface area contributed by atoms with E-state index >= 15 is 0 Å². The molecule has 19 atom stereocenters. The first-order valence-electron chi connectivity index (χ1n) is 22.3. The Bertz CT molecular complexity index is 1670. The lowest BCUT2D eigenvalue weighted by Crippen LogP contribution is -2.61. The molecule has 0 aromatic heterocycles. The van der Waals surface area contributed by atoms with Crippen molar-refractivity contribution in [1.29, 1.82) is 0 Å². The van der Waals surface area contributed by atoms with E-state index in [-0.39, 0.29) is 31.6 Å². The van der Waals surface area contributed by atoms with E-state index in [4.69, 9.17) is 24.7 Å². The number of carboxylic acids is 1. The van der Waals surface area contributed by atoms with Gasteiger partial charge in [-0.2, -0.15) is 0 Å². The molecule has 0 radical (unpaired) electrons. The maximum Gasteiger partial charge on any atom is 0.311 e. The van der Waals surface area contributed by atoms with Gasteiger partial charge in [0.2, 0.25) is 0 Å². The number of carbonyl (C=O) groups is 2. The lowest BCUT2D eigenvalue weighted by molar-refractivity contribution is -0.308. The van der Waals surface area contributed by atoms with Gasteiger partial charge in [0, 0.05) is 37.5 Å². The van der Waals surface area contributed by atoms with Crippen molar-refractivity contribution in [2.75, 3.05) is 0 Å². The summed E-state index contributed by atoms with van der Waals surface area (Å²) in [6.45, 7) is 6.74. The van der Waals surface area contributed by atoms with Crippen LogP contribution in [0.3, 0.4) is 0 Å². The highest BCUT2D eigenvalue weighted by molar-refractivity contribution is 5.71. The molecule has 3 heterocycles. The first-order valence-corrected chi connectivity index (χ1v) is 22.3. The molecule has 3 aliphatic heterocycles. The van der Waals surface area contributed by atoms with Crippen LogP contribution in [0.1, 0.15) is 79.1 Å². The molecule has 13 N–H and O–H groups in total. The van der Waals surface area contributed by atoms with E-state index in [1.165, 1.54) is 13.0 Å². The predicted octanol–water partition coefficient (Wildman–Crippen LogP) is 0.712. The van der Waals surface area contributed by atoms with Gasteiger partial charge in [-0.15, -0.1) is 0 Å². The van der Waals surface area contributed by atoms with Gasteiger partial charge in [-0.05, 0) is 33.1 Å². The predicted molar refractivity (Wildman–Crippen MR) is 237 cm³/mol. The minimum absolute atomic E-state index is 0.107. The average molecular weight is 924 g/mol. The molecule has 0 aromatic rings. The Morgan fingerprint density at radius 2 is 1.23 bits per heavy atom. The third-order valence-corrected chi connectivity index (χ3v) is 12.0. The highest BCUT2D eigenvalue weighted by Gasteiger charge is 2.51. The van der Waals surface area contributed by atoms with E-state index in [2.05, 4.69) is 0 Å². The van der Waals surface area contributed by atoms with Gasteiger partial charge in [-0.3, -0.25) is 9.59 Å². The van der Waals surface area contributed by atoms with Crippen LogP contribution in [-0.4, -0.2) is 166 Å². The third-order valence-electron chi connectivity index (χ3n) is 12.0. The maximum absolute atomic E-state index is 12.6. The summed E-state index contributed by atoms with van der Waals surface area (Å²) in [6, 6.07) is -1.15. The van der Waals surface area contributed by atoms with Crippen molar-refractivity contribution in [2.45, 2.75) is 177 Å². The standard InChI is InChI=1S/C47H73NO17/c1-27-17-15-13-11-9-7-5-6-8-10-12-14-16-18-34(64-46-44(58)41(48)43(57)30(4)63-46)24-38-40(45(59)60)37(54)26-47(61,65-38)25-33(51)22-36(53)35(52)20-19-31(49)21-32(50)23-39(55)62-29(3)28(2)42(27)56/h5-18,27-38,40-44,46,49-54,56-58,61H,19-26,48H2,1-4H3,(H,59,60)/t27?,28?,29?,30?,31-,32+,33+,34+,35-,36-,37?,38+,40-,41?,42-,43?,44?,46?,47-/m1/s1.